The molecule has 5 nitrogen and oxygen atoms in total. The number of unbranched alkanes of at least 4 members (excludes halogenated alkanes) is 2. The summed E-state index contributed by atoms with van der Waals surface area (Å²) in [5.41, 5.74) is 3.63. The summed E-state index contributed by atoms with van der Waals surface area (Å²) >= 11 is 0. The number of ether oxygens (including phenoxy) is 1. The van der Waals surface area contributed by atoms with Gasteiger partial charge >= 0.3 is 0 Å². The van der Waals surface area contributed by atoms with Gasteiger partial charge in [-0.25, -0.2) is 0 Å². The standard InChI is InChI=1S/C22H27N3O2/c1-27-17-8-9-20-18(15-17)19-16-25(14-10-21(19)23-20)22(26)7-3-2-4-11-24-12-5-6-13-24/h5-6,8-9,12-13,15,23H,2-4,7,10-11,14,16H2,1H3. The van der Waals surface area contributed by atoms with Crippen molar-refractivity contribution in [3.8, 4) is 5.75 Å². The van der Waals surface area contributed by atoms with Crippen molar-refractivity contribution in [1.29, 1.82) is 0 Å². The fourth-order valence-corrected chi connectivity index (χ4v) is 3.96. The van der Waals surface area contributed by atoms with E-state index in [2.05, 4.69) is 46.2 Å². The molecular formula is C22H27N3O2. The highest BCUT2D eigenvalue weighted by molar-refractivity contribution is 5.87. The predicted molar refractivity (Wildman–Crippen MR) is 107 cm³/mol. The van der Waals surface area contributed by atoms with Crippen LogP contribution in [0.25, 0.3) is 10.9 Å². The lowest BCUT2D eigenvalue weighted by Gasteiger charge is -2.27. The topological polar surface area (TPSA) is 50.3 Å². The van der Waals surface area contributed by atoms with Crippen molar-refractivity contribution in [2.45, 2.75) is 45.2 Å². The zero-order chi connectivity index (χ0) is 18.6. The zero-order valence-corrected chi connectivity index (χ0v) is 15.9. The molecule has 1 N–H and O–H groups in total. The van der Waals surface area contributed by atoms with Gasteiger partial charge in [0.1, 0.15) is 5.75 Å². The molecule has 1 aliphatic rings. The minimum atomic E-state index is 0.277. The van der Waals surface area contributed by atoms with Gasteiger partial charge in [-0.15, -0.1) is 0 Å². The van der Waals surface area contributed by atoms with Crippen molar-refractivity contribution in [2.24, 2.45) is 0 Å². The highest BCUT2D eigenvalue weighted by Crippen LogP contribution is 2.30. The van der Waals surface area contributed by atoms with Gasteiger partial charge in [0.25, 0.3) is 0 Å². The van der Waals surface area contributed by atoms with Crippen molar-refractivity contribution in [3.05, 3.63) is 54.0 Å². The maximum atomic E-state index is 12.7. The maximum Gasteiger partial charge on any atom is 0.222 e. The summed E-state index contributed by atoms with van der Waals surface area (Å²) < 4.78 is 7.56. The Bertz CT molecular complexity index is 911. The lowest BCUT2D eigenvalue weighted by Crippen LogP contribution is -2.35. The number of rotatable bonds is 7. The number of carbonyl (C=O) groups is 1. The number of nitrogens with zero attached hydrogens (tertiary/aromatic N) is 2. The third-order valence-electron chi connectivity index (χ3n) is 5.51. The largest absolute Gasteiger partial charge is 0.497 e. The normalized spacial score (nSPS) is 13.7. The number of H-pyrrole nitrogens is 1. The number of fused-ring (bicyclic) bond motifs is 3. The molecule has 1 aliphatic heterocycles. The summed E-state index contributed by atoms with van der Waals surface area (Å²) in [6.07, 6.45) is 8.89. The van der Waals surface area contributed by atoms with Crippen LogP contribution in [-0.2, 0) is 24.3 Å². The van der Waals surface area contributed by atoms with E-state index < -0.39 is 0 Å². The van der Waals surface area contributed by atoms with E-state index in [9.17, 15) is 4.79 Å². The lowest BCUT2D eigenvalue weighted by atomic mass is 10.0. The molecule has 0 unspecified atom stereocenters. The Morgan fingerprint density at radius 1 is 1.19 bits per heavy atom. The van der Waals surface area contributed by atoms with E-state index in [1.807, 2.05) is 11.0 Å². The van der Waals surface area contributed by atoms with E-state index in [0.29, 0.717) is 13.0 Å². The second-order valence-corrected chi connectivity index (χ2v) is 7.29. The number of carbonyl (C=O) groups excluding carboxylic acids is 1. The van der Waals surface area contributed by atoms with E-state index >= 15 is 0 Å². The molecule has 0 fully saturated rings. The van der Waals surface area contributed by atoms with E-state index in [0.717, 1.165) is 50.0 Å². The van der Waals surface area contributed by atoms with Crippen LogP contribution in [0.1, 0.15) is 36.9 Å². The van der Waals surface area contributed by atoms with Crippen molar-refractivity contribution >= 4 is 16.8 Å². The Hall–Kier alpha value is -2.69. The van der Waals surface area contributed by atoms with Crippen LogP contribution >= 0.6 is 0 Å². The average Bonchev–Trinajstić information content (AvgIpc) is 3.34. The van der Waals surface area contributed by atoms with Gasteiger partial charge < -0.3 is 19.2 Å². The van der Waals surface area contributed by atoms with E-state index in [1.54, 1.807) is 7.11 Å². The van der Waals surface area contributed by atoms with Gasteiger partial charge in [0.2, 0.25) is 5.91 Å². The lowest BCUT2D eigenvalue weighted by molar-refractivity contribution is -0.132. The summed E-state index contributed by atoms with van der Waals surface area (Å²) in [7, 11) is 1.69. The second-order valence-electron chi connectivity index (χ2n) is 7.29. The van der Waals surface area contributed by atoms with Gasteiger partial charge in [0.05, 0.1) is 7.11 Å². The number of methoxy groups -OCH3 is 1. The molecule has 0 saturated carbocycles. The smallest absolute Gasteiger partial charge is 0.222 e. The zero-order valence-electron chi connectivity index (χ0n) is 15.9. The molecule has 1 amide bonds. The van der Waals surface area contributed by atoms with Crippen molar-refractivity contribution in [2.75, 3.05) is 13.7 Å². The molecule has 5 heteroatoms. The Balaban J connectivity index is 1.32. The van der Waals surface area contributed by atoms with Crippen LogP contribution in [-0.4, -0.2) is 34.0 Å². The van der Waals surface area contributed by atoms with Crippen LogP contribution < -0.4 is 4.74 Å². The van der Waals surface area contributed by atoms with Crippen LogP contribution in [0.4, 0.5) is 0 Å². The third kappa shape index (κ3) is 3.87. The van der Waals surface area contributed by atoms with Crippen LogP contribution in [0.5, 0.6) is 5.75 Å². The molecule has 3 aromatic rings. The first-order valence-corrected chi connectivity index (χ1v) is 9.80. The predicted octanol–water partition coefficient (Wildman–Crippen LogP) is 4.12. The van der Waals surface area contributed by atoms with Crippen LogP contribution in [0.15, 0.2) is 42.7 Å². The molecule has 4 rings (SSSR count). The molecule has 2 aromatic heterocycles. The molecule has 0 radical (unpaired) electrons. The number of nitrogens with one attached hydrogen (secondary N) is 1. The molecule has 0 saturated heterocycles. The highest BCUT2D eigenvalue weighted by Gasteiger charge is 2.23. The number of benzene rings is 1. The quantitative estimate of drug-likeness (QED) is 0.640. The molecule has 142 valence electrons. The van der Waals surface area contributed by atoms with Gasteiger partial charge in [-0.3, -0.25) is 4.79 Å². The van der Waals surface area contributed by atoms with Gasteiger partial charge in [0, 0.05) is 67.0 Å². The Morgan fingerprint density at radius 2 is 2.04 bits per heavy atom. The first-order chi connectivity index (χ1) is 13.2. The molecule has 3 heterocycles. The number of aryl methyl sites for hydroxylation is 1. The van der Waals surface area contributed by atoms with Crippen molar-refractivity contribution in [1.82, 2.24) is 14.5 Å². The van der Waals surface area contributed by atoms with Crippen LogP contribution in [0, 0.1) is 0 Å². The van der Waals surface area contributed by atoms with E-state index in [-0.39, 0.29) is 5.91 Å². The molecule has 27 heavy (non-hydrogen) atoms. The fourth-order valence-electron chi connectivity index (χ4n) is 3.96. The SMILES string of the molecule is COc1ccc2[nH]c3c(c2c1)CN(C(=O)CCCCCn1cccc1)CC3. The van der Waals surface area contributed by atoms with E-state index in [1.165, 1.54) is 16.6 Å². The summed E-state index contributed by atoms with van der Waals surface area (Å²) in [6, 6.07) is 10.2. The number of aromatic nitrogens is 2. The van der Waals surface area contributed by atoms with Crippen molar-refractivity contribution in [3.63, 3.8) is 0 Å². The monoisotopic (exact) mass is 365 g/mol. The van der Waals surface area contributed by atoms with Crippen molar-refractivity contribution < 1.29 is 9.53 Å². The molecule has 0 atom stereocenters. The summed E-state index contributed by atoms with van der Waals surface area (Å²) in [5, 5.41) is 1.17. The van der Waals surface area contributed by atoms with Crippen LogP contribution in [0.3, 0.4) is 0 Å². The Kier molecular flexibility index (Phi) is 5.19. The van der Waals surface area contributed by atoms with Gasteiger partial charge in [0.15, 0.2) is 0 Å². The van der Waals surface area contributed by atoms with E-state index in [4.69, 9.17) is 4.74 Å². The number of aromatic amines is 1. The van der Waals surface area contributed by atoms with Crippen LogP contribution in [0.2, 0.25) is 0 Å². The Labute approximate surface area is 159 Å². The van der Waals surface area contributed by atoms with Gasteiger partial charge in [-0.2, -0.15) is 0 Å². The average molecular weight is 365 g/mol. The second kappa shape index (κ2) is 7.91. The summed E-state index contributed by atoms with van der Waals surface area (Å²) in [5.74, 6) is 1.13. The molecule has 0 bridgehead atoms. The molecular weight excluding hydrogens is 338 g/mol. The maximum absolute atomic E-state index is 12.7. The first kappa shape index (κ1) is 17.7. The number of hydrogen-bond acceptors (Lipinski definition) is 2. The third-order valence-corrected chi connectivity index (χ3v) is 5.51. The highest BCUT2D eigenvalue weighted by atomic mass is 16.5. The first-order valence-electron chi connectivity index (χ1n) is 9.80. The molecule has 0 aliphatic carbocycles. The Morgan fingerprint density at radius 3 is 2.85 bits per heavy atom. The minimum absolute atomic E-state index is 0.277. The molecule has 1 aromatic carbocycles. The fraction of sp³-hybridized carbons (Fsp3) is 0.409. The molecule has 0 spiro atoms. The number of hydrogen-bond donors (Lipinski definition) is 1. The van der Waals surface area contributed by atoms with Gasteiger partial charge in [-0.05, 0) is 43.2 Å². The number of amides is 1. The summed E-state index contributed by atoms with van der Waals surface area (Å²) in [6.45, 7) is 2.54. The minimum Gasteiger partial charge on any atom is -0.497 e. The summed E-state index contributed by atoms with van der Waals surface area (Å²) in [4.78, 5) is 18.2. The van der Waals surface area contributed by atoms with Gasteiger partial charge in [-0.1, -0.05) is 6.42 Å².